The van der Waals surface area contributed by atoms with Crippen molar-refractivity contribution in [3.05, 3.63) is 23.3 Å². The molecule has 0 amide bonds. The molecule has 0 saturated carbocycles. The van der Waals surface area contributed by atoms with E-state index < -0.39 is 5.60 Å². The molecule has 3 nitrogen and oxygen atoms in total. The molecule has 3 heterocycles. The highest BCUT2D eigenvalue weighted by molar-refractivity contribution is 6.05. The molecule has 0 N–H and O–H groups in total. The van der Waals surface area contributed by atoms with Crippen LogP contribution in [0.15, 0.2) is 16.5 Å². The van der Waals surface area contributed by atoms with E-state index in [4.69, 9.17) is 9.15 Å². The van der Waals surface area contributed by atoms with Crippen molar-refractivity contribution in [2.75, 3.05) is 0 Å². The molecule has 2 bridgehead atoms. The van der Waals surface area contributed by atoms with Crippen LogP contribution in [0.1, 0.15) is 29.8 Å². The smallest absolute Gasteiger partial charge is 0.343 e. The number of carbonyl (C=O) groups excluding carboxylic acids is 1. The first-order chi connectivity index (χ1) is 6.09. The highest BCUT2D eigenvalue weighted by Gasteiger charge is 2.43. The topological polar surface area (TPSA) is 39.4 Å². The van der Waals surface area contributed by atoms with Crippen LogP contribution in [0, 0.1) is 0 Å². The molecular weight excluding hydrogens is 168 g/mol. The van der Waals surface area contributed by atoms with Gasteiger partial charge in [-0.05, 0) is 26.0 Å². The van der Waals surface area contributed by atoms with Crippen molar-refractivity contribution in [2.45, 2.75) is 19.4 Å². The van der Waals surface area contributed by atoms with Crippen molar-refractivity contribution in [3.8, 4) is 0 Å². The maximum absolute atomic E-state index is 11.4. The molecule has 13 heavy (non-hydrogen) atoms. The molecule has 1 aliphatic rings. The molecule has 0 unspecified atom stereocenters. The Morgan fingerprint density at radius 1 is 1.23 bits per heavy atom. The van der Waals surface area contributed by atoms with E-state index in [0.717, 1.165) is 11.1 Å². The first-order valence-corrected chi connectivity index (χ1v) is 4.18. The van der Waals surface area contributed by atoms with Crippen LogP contribution >= 0.6 is 0 Å². The third kappa shape index (κ3) is 0.636. The van der Waals surface area contributed by atoms with Gasteiger partial charge in [0.25, 0.3) is 0 Å². The van der Waals surface area contributed by atoms with E-state index in [0.29, 0.717) is 11.1 Å². The summed E-state index contributed by atoms with van der Waals surface area (Å²) >= 11 is 0. The first-order valence-electron chi connectivity index (χ1n) is 4.18. The predicted molar refractivity (Wildman–Crippen MR) is 45.8 cm³/mol. The van der Waals surface area contributed by atoms with Crippen LogP contribution < -0.4 is 0 Å². The van der Waals surface area contributed by atoms with Gasteiger partial charge in [-0.3, -0.25) is 0 Å². The molecular formula is C10H8O3. The van der Waals surface area contributed by atoms with Gasteiger partial charge in [0.05, 0.1) is 5.56 Å². The Labute approximate surface area is 74.6 Å². The number of carbonyl (C=O) groups is 1. The number of hydrogen-bond acceptors (Lipinski definition) is 3. The molecule has 0 fully saturated rings. The fraction of sp³-hybridized carbons (Fsp3) is 0.300. The van der Waals surface area contributed by atoms with Crippen LogP contribution in [-0.4, -0.2) is 5.97 Å². The van der Waals surface area contributed by atoms with E-state index in [2.05, 4.69) is 0 Å². The lowest BCUT2D eigenvalue weighted by atomic mass is 9.96. The average molecular weight is 176 g/mol. The highest BCUT2D eigenvalue weighted by atomic mass is 16.6. The standard InChI is InChI=1S/C10H8O3/c1-10(2)8-6-4-3-5(12-6)7(8)9(11)13-10/h3-4H,1-2H3. The van der Waals surface area contributed by atoms with Crippen LogP contribution in [0.4, 0.5) is 0 Å². The lowest BCUT2D eigenvalue weighted by Crippen LogP contribution is -2.16. The van der Waals surface area contributed by atoms with E-state index in [-0.39, 0.29) is 5.97 Å². The molecule has 0 atom stereocenters. The summed E-state index contributed by atoms with van der Waals surface area (Å²) in [6.07, 6.45) is 0. The summed E-state index contributed by atoms with van der Waals surface area (Å²) in [7, 11) is 0. The molecule has 1 aliphatic heterocycles. The SMILES string of the molecule is CC1(C)OC(=O)c2c1c1ccc2o1. The summed E-state index contributed by atoms with van der Waals surface area (Å²) in [4.78, 5) is 11.4. The second-order valence-corrected chi connectivity index (χ2v) is 3.81. The third-order valence-electron chi connectivity index (χ3n) is 2.50. The van der Waals surface area contributed by atoms with Gasteiger partial charge in [0.2, 0.25) is 0 Å². The van der Waals surface area contributed by atoms with Gasteiger partial charge >= 0.3 is 5.97 Å². The van der Waals surface area contributed by atoms with Crippen molar-refractivity contribution < 1.29 is 13.9 Å². The lowest BCUT2D eigenvalue weighted by Gasteiger charge is -2.16. The van der Waals surface area contributed by atoms with Crippen molar-refractivity contribution in [2.24, 2.45) is 0 Å². The summed E-state index contributed by atoms with van der Waals surface area (Å²) in [6.45, 7) is 3.75. The average Bonchev–Trinajstić information content (AvgIpc) is 2.63. The number of cyclic esters (lactones) is 1. The summed E-state index contributed by atoms with van der Waals surface area (Å²) in [6, 6.07) is 3.68. The van der Waals surface area contributed by atoms with Crippen molar-refractivity contribution in [3.63, 3.8) is 0 Å². The van der Waals surface area contributed by atoms with Crippen LogP contribution in [0.5, 0.6) is 0 Å². The van der Waals surface area contributed by atoms with E-state index in [1.165, 1.54) is 0 Å². The van der Waals surface area contributed by atoms with E-state index in [1.54, 1.807) is 6.07 Å². The molecule has 2 aromatic rings. The summed E-state index contributed by atoms with van der Waals surface area (Å²) < 4.78 is 10.6. The van der Waals surface area contributed by atoms with Crippen LogP contribution in [0.2, 0.25) is 0 Å². The minimum atomic E-state index is -0.533. The van der Waals surface area contributed by atoms with Crippen LogP contribution in [0.25, 0.3) is 11.2 Å². The number of furan rings is 2. The molecule has 0 saturated heterocycles. The fourth-order valence-corrected chi connectivity index (χ4v) is 1.99. The second-order valence-electron chi connectivity index (χ2n) is 3.81. The normalized spacial score (nSPS) is 19.4. The second kappa shape index (κ2) is 1.71. The Balaban J connectivity index is 2.46. The minimum absolute atomic E-state index is 0.269. The molecule has 2 aromatic heterocycles. The Bertz CT molecular complexity index is 493. The molecule has 3 heteroatoms. The van der Waals surface area contributed by atoms with Crippen LogP contribution in [0.3, 0.4) is 0 Å². The van der Waals surface area contributed by atoms with Gasteiger partial charge in [0.1, 0.15) is 22.3 Å². The van der Waals surface area contributed by atoms with E-state index in [1.807, 2.05) is 19.9 Å². The van der Waals surface area contributed by atoms with Crippen molar-refractivity contribution >= 4 is 17.1 Å². The van der Waals surface area contributed by atoms with Gasteiger partial charge < -0.3 is 9.15 Å². The largest absolute Gasteiger partial charge is 0.456 e. The maximum Gasteiger partial charge on any atom is 0.343 e. The number of hydrogen-bond donors (Lipinski definition) is 0. The molecule has 3 rings (SSSR count). The summed E-state index contributed by atoms with van der Waals surface area (Å²) in [5.41, 5.74) is 2.38. The van der Waals surface area contributed by atoms with Crippen LogP contribution in [-0.2, 0) is 10.3 Å². The van der Waals surface area contributed by atoms with Gasteiger partial charge in [-0.1, -0.05) is 0 Å². The van der Waals surface area contributed by atoms with Gasteiger partial charge in [-0.2, -0.15) is 0 Å². The predicted octanol–water partition coefficient (Wildman–Crippen LogP) is 2.28. The zero-order chi connectivity index (χ0) is 9.22. The van der Waals surface area contributed by atoms with Crippen molar-refractivity contribution in [1.29, 1.82) is 0 Å². The van der Waals surface area contributed by atoms with E-state index >= 15 is 0 Å². The number of rotatable bonds is 0. The van der Waals surface area contributed by atoms with Gasteiger partial charge in [0, 0.05) is 0 Å². The molecule has 0 aliphatic carbocycles. The highest BCUT2D eigenvalue weighted by Crippen LogP contribution is 2.43. The number of benzene rings is 1. The third-order valence-corrected chi connectivity index (χ3v) is 2.50. The molecule has 0 aromatic carbocycles. The zero-order valence-electron chi connectivity index (χ0n) is 7.38. The molecule has 66 valence electrons. The Hall–Kier alpha value is -1.51. The Morgan fingerprint density at radius 3 is 2.62 bits per heavy atom. The zero-order valence-corrected chi connectivity index (χ0v) is 7.38. The lowest BCUT2D eigenvalue weighted by molar-refractivity contribution is 0.00952. The van der Waals surface area contributed by atoms with E-state index in [9.17, 15) is 4.79 Å². The number of fused-ring (bicyclic) bond motifs is 5. The Morgan fingerprint density at radius 2 is 1.92 bits per heavy atom. The van der Waals surface area contributed by atoms with Crippen molar-refractivity contribution in [1.82, 2.24) is 0 Å². The summed E-state index contributed by atoms with van der Waals surface area (Å²) in [5, 5.41) is 0. The fourth-order valence-electron chi connectivity index (χ4n) is 1.99. The minimum Gasteiger partial charge on any atom is -0.456 e. The van der Waals surface area contributed by atoms with Gasteiger partial charge in [-0.15, -0.1) is 0 Å². The quantitative estimate of drug-likeness (QED) is 0.578. The monoisotopic (exact) mass is 176 g/mol. The van der Waals surface area contributed by atoms with Gasteiger partial charge in [0.15, 0.2) is 0 Å². The Kier molecular flexibility index (Phi) is 0.915. The molecule has 0 spiro atoms. The first kappa shape index (κ1) is 6.95. The number of ether oxygens (including phenoxy) is 1. The van der Waals surface area contributed by atoms with Gasteiger partial charge in [-0.25, -0.2) is 4.79 Å². The summed E-state index contributed by atoms with van der Waals surface area (Å²) in [5.74, 6) is -0.269. The maximum atomic E-state index is 11.4. The molecule has 0 radical (unpaired) electrons. The number of esters is 1.